The van der Waals surface area contributed by atoms with Gasteiger partial charge in [0.2, 0.25) is 15.9 Å². The standard InChI is InChI=1S/C26H29ClN2O3S/c1-18-14-19(2)26(20(3)15-18)33(31,32)29(16-22-8-6-5-7-9-22)17-25(30)28-21(4)23-10-12-24(27)13-11-23/h5-15,21H,16-17H2,1-4H3,(H,28,30). The molecule has 33 heavy (non-hydrogen) atoms. The van der Waals surface area contributed by atoms with Crippen LogP contribution < -0.4 is 5.32 Å². The number of sulfonamides is 1. The summed E-state index contributed by atoms with van der Waals surface area (Å²) in [4.78, 5) is 13.2. The van der Waals surface area contributed by atoms with Crippen LogP contribution in [0.4, 0.5) is 0 Å². The van der Waals surface area contributed by atoms with E-state index < -0.39 is 10.0 Å². The van der Waals surface area contributed by atoms with Crippen LogP contribution in [0.3, 0.4) is 0 Å². The Morgan fingerprint density at radius 3 is 2.12 bits per heavy atom. The lowest BCUT2D eigenvalue weighted by Gasteiger charge is -2.25. The molecule has 0 saturated carbocycles. The van der Waals surface area contributed by atoms with E-state index in [0.29, 0.717) is 16.1 Å². The SMILES string of the molecule is Cc1cc(C)c(S(=O)(=O)N(CC(=O)NC(C)c2ccc(Cl)cc2)Cc2ccccc2)c(C)c1. The van der Waals surface area contributed by atoms with Gasteiger partial charge in [0.05, 0.1) is 17.5 Å². The molecule has 0 aromatic heterocycles. The number of rotatable bonds is 8. The molecule has 0 fully saturated rings. The van der Waals surface area contributed by atoms with Gasteiger partial charge < -0.3 is 5.32 Å². The number of carbonyl (C=O) groups excluding carboxylic acids is 1. The predicted molar refractivity (Wildman–Crippen MR) is 133 cm³/mol. The van der Waals surface area contributed by atoms with Crippen molar-refractivity contribution >= 4 is 27.5 Å². The second-order valence-corrected chi connectivity index (χ2v) is 10.6. The Morgan fingerprint density at radius 1 is 0.970 bits per heavy atom. The third-order valence-electron chi connectivity index (χ3n) is 5.47. The monoisotopic (exact) mass is 484 g/mol. The molecule has 174 valence electrons. The summed E-state index contributed by atoms with van der Waals surface area (Å²) in [6, 6.07) is 19.9. The summed E-state index contributed by atoms with van der Waals surface area (Å²) in [5, 5.41) is 3.52. The summed E-state index contributed by atoms with van der Waals surface area (Å²) >= 11 is 5.95. The lowest BCUT2D eigenvalue weighted by molar-refractivity contribution is -0.122. The maximum absolute atomic E-state index is 13.7. The number of hydrogen-bond donors (Lipinski definition) is 1. The van der Waals surface area contributed by atoms with Crippen LogP contribution in [0.15, 0.2) is 71.6 Å². The zero-order valence-electron chi connectivity index (χ0n) is 19.3. The molecule has 0 aliphatic heterocycles. The summed E-state index contributed by atoms with van der Waals surface area (Å²) < 4.78 is 28.7. The Kier molecular flexibility index (Phi) is 7.95. The average Bonchev–Trinajstić information content (AvgIpc) is 2.73. The van der Waals surface area contributed by atoms with Crippen LogP contribution in [0.1, 0.15) is 40.8 Å². The molecule has 0 heterocycles. The van der Waals surface area contributed by atoms with Crippen LogP contribution in [0, 0.1) is 20.8 Å². The summed E-state index contributed by atoms with van der Waals surface area (Å²) in [6.45, 7) is 7.17. The highest BCUT2D eigenvalue weighted by atomic mass is 35.5. The van der Waals surface area contributed by atoms with Gasteiger partial charge in [0.1, 0.15) is 0 Å². The van der Waals surface area contributed by atoms with E-state index >= 15 is 0 Å². The number of amides is 1. The molecule has 1 unspecified atom stereocenters. The molecule has 0 aliphatic carbocycles. The fourth-order valence-corrected chi connectivity index (χ4v) is 5.92. The number of carbonyl (C=O) groups is 1. The molecule has 3 aromatic rings. The molecule has 0 spiro atoms. The first-order valence-electron chi connectivity index (χ1n) is 10.7. The zero-order valence-corrected chi connectivity index (χ0v) is 20.9. The van der Waals surface area contributed by atoms with E-state index in [1.807, 2.05) is 68.4 Å². The van der Waals surface area contributed by atoms with Crippen molar-refractivity contribution in [3.05, 3.63) is 99.6 Å². The fraction of sp³-hybridized carbons (Fsp3) is 0.269. The number of halogens is 1. The second-order valence-electron chi connectivity index (χ2n) is 8.33. The normalized spacial score (nSPS) is 12.5. The van der Waals surface area contributed by atoms with Gasteiger partial charge in [-0.1, -0.05) is 71.8 Å². The van der Waals surface area contributed by atoms with E-state index in [-0.39, 0.29) is 29.9 Å². The van der Waals surface area contributed by atoms with Crippen LogP contribution >= 0.6 is 11.6 Å². The lowest BCUT2D eigenvalue weighted by Crippen LogP contribution is -2.41. The Bertz CT molecular complexity index is 1200. The topological polar surface area (TPSA) is 66.5 Å². The van der Waals surface area contributed by atoms with Gasteiger partial charge in [0.15, 0.2) is 0 Å². The van der Waals surface area contributed by atoms with E-state index in [4.69, 9.17) is 11.6 Å². The highest BCUT2D eigenvalue weighted by Gasteiger charge is 2.30. The summed E-state index contributed by atoms with van der Waals surface area (Å²) in [5.74, 6) is -0.376. The minimum absolute atomic E-state index is 0.0959. The van der Waals surface area contributed by atoms with Crippen molar-refractivity contribution in [2.24, 2.45) is 0 Å². The molecule has 1 N–H and O–H groups in total. The quantitative estimate of drug-likeness (QED) is 0.469. The molecule has 0 radical (unpaired) electrons. The molecule has 1 atom stereocenters. The fourth-order valence-electron chi connectivity index (χ4n) is 4.00. The Balaban J connectivity index is 1.90. The first kappa shape index (κ1) is 25.0. The van der Waals surface area contributed by atoms with Crippen LogP contribution in [0.25, 0.3) is 0 Å². The smallest absolute Gasteiger partial charge is 0.244 e. The van der Waals surface area contributed by atoms with Crippen LogP contribution in [0.2, 0.25) is 5.02 Å². The van der Waals surface area contributed by atoms with E-state index in [1.165, 1.54) is 4.31 Å². The zero-order chi connectivity index (χ0) is 24.2. The summed E-state index contributed by atoms with van der Waals surface area (Å²) in [5.41, 5.74) is 4.02. The van der Waals surface area contributed by atoms with Gasteiger partial charge in [-0.3, -0.25) is 4.79 Å². The van der Waals surface area contributed by atoms with Crippen molar-refractivity contribution in [1.29, 1.82) is 0 Å². The summed E-state index contributed by atoms with van der Waals surface area (Å²) in [6.07, 6.45) is 0. The number of hydrogen-bond acceptors (Lipinski definition) is 3. The Hall–Kier alpha value is -2.67. The molecule has 7 heteroatoms. The van der Waals surface area contributed by atoms with E-state index in [1.54, 1.807) is 26.0 Å². The van der Waals surface area contributed by atoms with E-state index in [2.05, 4.69) is 5.32 Å². The Morgan fingerprint density at radius 2 is 1.55 bits per heavy atom. The van der Waals surface area contributed by atoms with Crippen molar-refractivity contribution in [3.8, 4) is 0 Å². The number of aryl methyl sites for hydroxylation is 3. The molecule has 5 nitrogen and oxygen atoms in total. The molecule has 0 aliphatic rings. The maximum Gasteiger partial charge on any atom is 0.244 e. The molecular weight excluding hydrogens is 456 g/mol. The Labute approximate surface area is 201 Å². The van der Waals surface area contributed by atoms with Crippen molar-refractivity contribution in [2.45, 2.75) is 45.2 Å². The third kappa shape index (κ3) is 6.22. The first-order chi connectivity index (χ1) is 15.6. The summed E-state index contributed by atoms with van der Waals surface area (Å²) in [7, 11) is -3.92. The van der Waals surface area contributed by atoms with Crippen LogP contribution in [-0.4, -0.2) is 25.2 Å². The van der Waals surface area contributed by atoms with Crippen molar-refractivity contribution < 1.29 is 13.2 Å². The van der Waals surface area contributed by atoms with Crippen LogP contribution in [0.5, 0.6) is 0 Å². The van der Waals surface area contributed by atoms with Crippen molar-refractivity contribution in [2.75, 3.05) is 6.54 Å². The third-order valence-corrected chi connectivity index (χ3v) is 7.82. The second kappa shape index (κ2) is 10.5. The number of nitrogens with zero attached hydrogens (tertiary/aromatic N) is 1. The van der Waals surface area contributed by atoms with Gasteiger partial charge in [-0.15, -0.1) is 0 Å². The molecule has 0 bridgehead atoms. The highest BCUT2D eigenvalue weighted by Crippen LogP contribution is 2.26. The minimum atomic E-state index is -3.92. The first-order valence-corrected chi connectivity index (χ1v) is 12.6. The minimum Gasteiger partial charge on any atom is -0.348 e. The largest absolute Gasteiger partial charge is 0.348 e. The van der Waals surface area contributed by atoms with Gasteiger partial charge >= 0.3 is 0 Å². The van der Waals surface area contributed by atoms with Gasteiger partial charge in [-0.25, -0.2) is 8.42 Å². The highest BCUT2D eigenvalue weighted by molar-refractivity contribution is 7.89. The van der Waals surface area contributed by atoms with E-state index in [0.717, 1.165) is 16.7 Å². The van der Waals surface area contributed by atoms with Gasteiger partial charge in [0, 0.05) is 11.6 Å². The predicted octanol–water partition coefficient (Wildman–Crippen LogP) is 5.33. The maximum atomic E-state index is 13.7. The number of nitrogens with one attached hydrogen (secondary N) is 1. The average molecular weight is 485 g/mol. The van der Waals surface area contributed by atoms with Gasteiger partial charge in [-0.2, -0.15) is 4.31 Å². The van der Waals surface area contributed by atoms with E-state index in [9.17, 15) is 13.2 Å². The molecular formula is C26H29ClN2O3S. The molecule has 3 rings (SSSR count). The molecule has 3 aromatic carbocycles. The van der Waals surface area contributed by atoms with Gasteiger partial charge in [0.25, 0.3) is 0 Å². The number of benzene rings is 3. The molecule has 0 saturated heterocycles. The van der Waals surface area contributed by atoms with Crippen LogP contribution in [-0.2, 0) is 21.4 Å². The van der Waals surface area contributed by atoms with Gasteiger partial charge in [-0.05, 0) is 62.1 Å². The lowest BCUT2D eigenvalue weighted by atomic mass is 10.1. The molecule has 1 amide bonds. The van der Waals surface area contributed by atoms with Crippen molar-refractivity contribution in [1.82, 2.24) is 9.62 Å². The van der Waals surface area contributed by atoms with Crippen molar-refractivity contribution in [3.63, 3.8) is 0 Å².